The van der Waals surface area contributed by atoms with Crippen molar-refractivity contribution in [1.29, 1.82) is 0 Å². The highest BCUT2D eigenvalue weighted by Gasteiger charge is 2.45. The first-order chi connectivity index (χ1) is 19.2. The molecule has 3 aromatic rings. The van der Waals surface area contributed by atoms with Crippen molar-refractivity contribution in [3.8, 4) is 5.75 Å². The number of aromatic nitrogens is 2. The van der Waals surface area contributed by atoms with E-state index in [1.165, 1.54) is 11.1 Å². The molecule has 0 spiro atoms. The number of rotatable bonds is 12. The molecule has 43 heavy (non-hydrogen) atoms. The van der Waals surface area contributed by atoms with Gasteiger partial charge in [-0.15, -0.1) is 37.2 Å². The lowest BCUT2D eigenvalue weighted by Crippen LogP contribution is -2.48. The molecule has 0 saturated heterocycles. The van der Waals surface area contributed by atoms with E-state index in [1.807, 2.05) is 42.7 Å². The van der Waals surface area contributed by atoms with Crippen LogP contribution in [0.15, 0.2) is 61.1 Å². The molecule has 0 radical (unpaired) electrons. The van der Waals surface area contributed by atoms with Crippen molar-refractivity contribution in [1.82, 2.24) is 15.3 Å². The number of nitrogens with zero attached hydrogens (tertiary/aromatic N) is 4. The van der Waals surface area contributed by atoms with Gasteiger partial charge in [0, 0.05) is 50.5 Å². The summed E-state index contributed by atoms with van der Waals surface area (Å²) < 4.78 is 6.04. The SMILES string of the molecule is CC(C)CN1C(=O)C(C)(C)C(=O)N(C)c2cc(OCCCNCc3ccnc(CCc4cccnc4)c3)ccc21.Cl.Cl.Cl. The maximum atomic E-state index is 13.3. The number of anilines is 2. The maximum Gasteiger partial charge on any atom is 0.242 e. The lowest BCUT2D eigenvalue weighted by atomic mass is 9.90. The molecule has 236 valence electrons. The molecule has 0 aliphatic carbocycles. The normalized spacial score (nSPS) is 13.8. The zero-order valence-corrected chi connectivity index (χ0v) is 28.0. The summed E-state index contributed by atoms with van der Waals surface area (Å²) in [5.41, 5.74) is 3.80. The molecule has 0 fully saturated rings. The van der Waals surface area contributed by atoms with Crippen LogP contribution in [-0.4, -0.2) is 48.5 Å². The monoisotopic (exact) mass is 651 g/mol. The van der Waals surface area contributed by atoms with Gasteiger partial charge >= 0.3 is 0 Å². The summed E-state index contributed by atoms with van der Waals surface area (Å²) in [6, 6.07) is 13.9. The van der Waals surface area contributed by atoms with Crippen LogP contribution in [0, 0.1) is 11.3 Å². The molecule has 1 N–H and O–H groups in total. The lowest BCUT2D eigenvalue weighted by Gasteiger charge is -2.29. The lowest BCUT2D eigenvalue weighted by molar-refractivity contribution is -0.137. The van der Waals surface area contributed by atoms with Gasteiger partial charge in [0.05, 0.1) is 18.0 Å². The second kappa shape index (κ2) is 17.4. The number of carbonyl (C=O) groups excluding carboxylic acids is 2. The highest BCUT2D eigenvalue weighted by atomic mass is 35.5. The zero-order chi connectivity index (χ0) is 28.7. The van der Waals surface area contributed by atoms with Crippen molar-refractivity contribution >= 4 is 60.4 Å². The van der Waals surface area contributed by atoms with Gasteiger partial charge in [-0.3, -0.25) is 19.6 Å². The Morgan fingerprint density at radius 2 is 1.70 bits per heavy atom. The van der Waals surface area contributed by atoms with E-state index in [-0.39, 0.29) is 55.0 Å². The average Bonchev–Trinajstić information content (AvgIpc) is 3.00. The van der Waals surface area contributed by atoms with Crippen molar-refractivity contribution < 1.29 is 14.3 Å². The van der Waals surface area contributed by atoms with Crippen molar-refractivity contribution in [2.24, 2.45) is 11.3 Å². The molecule has 1 aliphatic heterocycles. The number of nitrogens with one attached hydrogen (secondary N) is 1. The Morgan fingerprint density at radius 1 is 0.930 bits per heavy atom. The molecule has 1 aromatic carbocycles. The first-order valence-electron chi connectivity index (χ1n) is 14.1. The molecule has 1 aliphatic rings. The van der Waals surface area contributed by atoms with Gasteiger partial charge in [0.2, 0.25) is 11.8 Å². The molecular weight excluding hydrogens is 609 g/mol. The summed E-state index contributed by atoms with van der Waals surface area (Å²) in [7, 11) is 1.73. The molecule has 2 amide bonds. The summed E-state index contributed by atoms with van der Waals surface area (Å²) in [4.78, 5) is 38.5. The number of ether oxygens (including phenoxy) is 1. The van der Waals surface area contributed by atoms with Gasteiger partial charge in [-0.05, 0) is 87.0 Å². The van der Waals surface area contributed by atoms with Crippen LogP contribution in [0.25, 0.3) is 0 Å². The van der Waals surface area contributed by atoms with Crippen LogP contribution in [-0.2, 0) is 29.0 Å². The third-order valence-electron chi connectivity index (χ3n) is 7.14. The predicted octanol–water partition coefficient (Wildman–Crippen LogP) is 6.08. The first-order valence-corrected chi connectivity index (χ1v) is 14.1. The van der Waals surface area contributed by atoms with Crippen LogP contribution in [0.1, 0.15) is 50.9 Å². The summed E-state index contributed by atoms with van der Waals surface area (Å²) in [6.07, 6.45) is 8.20. The number of pyridine rings is 2. The number of carbonyl (C=O) groups is 2. The fraction of sp³-hybridized carbons (Fsp3) is 0.438. The van der Waals surface area contributed by atoms with Gasteiger partial charge in [-0.25, -0.2) is 0 Å². The van der Waals surface area contributed by atoms with E-state index < -0.39 is 5.41 Å². The van der Waals surface area contributed by atoms with E-state index in [9.17, 15) is 9.59 Å². The van der Waals surface area contributed by atoms with Gasteiger partial charge < -0.3 is 19.9 Å². The molecule has 0 saturated carbocycles. The topological polar surface area (TPSA) is 87.7 Å². The maximum absolute atomic E-state index is 13.3. The number of halogens is 3. The molecule has 0 unspecified atom stereocenters. The summed E-state index contributed by atoms with van der Waals surface area (Å²) in [6.45, 7) is 10.2. The number of hydrogen-bond donors (Lipinski definition) is 1. The van der Waals surface area contributed by atoms with Crippen molar-refractivity contribution in [3.05, 3.63) is 77.9 Å². The second-order valence-corrected chi connectivity index (χ2v) is 11.3. The van der Waals surface area contributed by atoms with Crippen LogP contribution in [0.3, 0.4) is 0 Å². The molecular formula is C32H44Cl3N5O3. The van der Waals surface area contributed by atoms with Gasteiger partial charge in [-0.1, -0.05) is 19.9 Å². The van der Waals surface area contributed by atoms with Crippen molar-refractivity contribution in [2.75, 3.05) is 36.5 Å². The Kier molecular flexibility index (Phi) is 15.4. The van der Waals surface area contributed by atoms with Crippen LogP contribution in [0.4, 0.5) is 11.4 Å². The third kappa shape index (κ3) is 9.80. The van der Waals surface area contributed by atoms with E-state index in [0.29, 0.717) is 24.6 Å². The fourth-order valence-corrected chi connectivity index (χ4v) is 4.92. The highest BCUT2D eigenvalue weighted by molar-refractivity contribution is 6.20. The Hall–Kier alpha value is -2.91. The first kappa shape index (κ1) is 38.1. The summed E-state index contributed by atoms with van der Waals surface area (Å²) in [5, 5.41) is 3.48. The quantitative estimate of drug-likeness (QED) is 0.189. The number of benzene rings is 1. The van der Waals surface area contributed by atoms with E-state index in [0.717, 1.165) is 43.7 Å². The number of amides is 2. The predicted molar refractivity (Wildman–Crippen MR) is 180 cm³/mol. The van der Waals surface area contributed by atoms with Gasteiger partial charge in [0.15, 0.2) is 0 Å². The van der Waals surface area contributed by atoms with Gasteiger partial charge in [0.1, 0.15) is 11.2 Å². The standard InChI is InChI=1S/C32H41N5O3.3ClH/c1-23(2)22-37-28-12-11-27(19-29(28)36(5)30(38)32(3,4)31(37)39)40-17-7-15-34-21-25-13-16-35-26(18-25)10-9-24-8-6-14-33-20-24;;;/h6,8,11-14,16,18-20,23,34H,7,9-10,15,17,21-22H2,1-5H3;3*1H. The highest BCUT2D eigenvalue weighted by Crippen LogP contribution is 2.40. The van der Waals surface area contributed by atoms with Crippen LogP contribution in [0.2, 0.25) is 0 Å². The van der Waals surface area contributed by atoms with Gasteiger partial charge in [0.25, 0.3) is 0 Å². The van der Waals surface area contributed by atoms with Gasteiger partial charge in [-0.2, -0.15) is 0 Å². The minimum absolute atomic E-state index is 0. The third-order valence-corrected chi connectivity index (χ3v) is 7.14. The number of hydrogen-bond acceptors (Lipinski definition) is 6. The average molecular weight is 653 g/mol. The second-order valence-electron chi connectivity index (χ2n) is 11.3. The van der Waals surface area contributed by atoms with Crippen molar-refractivity contribution in [3.63, 3.8) is 0 Å². The van der Waals surface area contributed by atoms with Crippen LogP contribution in [0.5, 0.6) is 5.75 Å². The number of aryl methyl sites for hydroxylation is 2. The fourth-order valence-electron chi connectivity index (χ4n) is 4.92. The van der Waals surface area contributed by atoms with Crippen LogP contribution < -0.4 is 19.9 Å². The minimum atomic E-state index is -1.13. The van der Waals surface area contributed by atoms with E-state index in [1.54, 1.807) is 36.9 Å². The van der Waals surface area contributed by atoms with Crippen molar-refractivity contribution in [2.45, 2.75) is 53.5 Å². The van der Waals surface area contributed by atoms with Crippen LogP contribution >= 0.6 is 37.2 Å². The molecule has 0 bridgehead atoms. The zero-order valence-electron chi connectivity index (χ0n) is 25.5. The summed E-state index contributed by atoms with van der Waals surface area (Å²) in [5.74, 6) is 0.552. The van der Waals surface area contributed by atoms with E-state index >= 15 is 0 Å². The summed E-state index contributed by atoms with van der Waals surface area (Å²) >= 11 is 0. The Bertz CT molecular complexity index is 1320. The Balaban J connectivity index is 0.00000308. The Labute approximate surface area is 274 Å². The number of fused-ring (bicyclic) bond motifs is 1. The largest absolute Gasteiger partial charge is 0.493 e. The molecule has 4 rings (SSSR count). The van der Waals surface area contributed by atoms with E-state index in [2.05, 4.69) is 41.3 Å². The molecule has 2 aromatic heterocycles. The smallest absolute Gasteiger partial charge is 0.242 e. The minimum Gasteiger partial charge on any atom is -0.493 e. The van der Waals surface area contributed by atoms with E-state index in [4.69, 9.17) is 4.74 Å². The molecule has 11 heteroatoms. The molecule has 0 atom stereocenters. The molecule has 8 nitrogen and oxygen atoms in total. The Morgan fingerprint density at radius 3 is 2.40 bits per heavy atom. The molecule has 3 heterocycles.